The molecule has 2 N–H and O–H groups in total. The molecule has 2 rings (SSSR count). The van der Waals surface area contributed by atoms with E-state index in [4.69, 9.17) is 5.73 Å². The molecular weight excluding hydrogens is 206 g/mol. The molecule has 0 radical (unpaired) electrons. The van der Waals surface area contributed by atoms with E-state index in [0.717, 1.165) is 5.92 Å². The van der Waals surface area contributed by atoms with Crippen molar-refractivity contribution in [2.75, 3.05) is 0 Å². The summed E-state index contributed by atoms with van der Waals surface area (Å²) in [5, 5.41) is 0. The highest BCUT2D eigenvalue weighted by molar-refractivity contribution is 5.34. The molecule has 1 heteroatoms. The van der Waals surface area contributed by atoms with E-state index in [-0.39, 0.29) is 5.41 Å². The predicted molar refractivity (Wildman–Crippen MR) is 74.3 cm³/mol. The molecule has 0 spiro atoms. The van der Waals surface area contributed by atoms with Gasteiger partial charge < -0.3 is 5.73 Å². The molecule has 1 aliphatic carbocycles. The Labute approximate surface area is 105 Å². The van der Waals surface area contributed by atoms with Crippen LogP contribution in [0.4, 0.5) is 0 Å². The summed E-state index contributed by atoms with van der Waals surface area (Å²) in [7, 11) is 0. The smallest absolute Gasteiger partial charge is 0.00443 e. The monoisotopic (exact) mass is 231 g/mol. The Bertz CT molecular complexity index is 394. The minimum Gasteiger partial charge on any atom is -0.328 e. The quantitative estimate of drug-likeness (QED) is 0.827. The Hall–Kier alpha value is -0.820. The molecule has 1 aromatic rings. The molecule has 1 nitrogen and oxygen atoms in total. The molecule has 0 amide bonds. The normalized spacial score (nSPS) is 24.5. The van der Waals surface area contributed by atoms with Crippen LogP contribution in [-0.2, 0) is 11.8 Å². The average Bonchev–Trinajstić information content (AvgIpc) is 2.16. The van der Waals surface area contributed by atoms with Gasteiger partial charge in [-0.25, -0.2) is 0 Å². The van der Waals surface area contributed by atoms with Gasteiger partial charge in [0.05, 0.1) is 0 Å². The number of rotatable bonds is 2. The van der Waals surface area contributed by atoms with Crippen LogP contribution in [0, 0.1) is 12.8 Å². The summed E-state index contributed by atoms with van der Waals surface area (Å²) in [6.07, 6.45) is 3.63. The van der Waals surface area contributed by atoms with Crippen LogP contribution in [0.5, 0.6) is 0 Å². The number of benzene rings is 1. The fraction of sp³-hybridized carbons (Fsp3) is 0.625. The Morgan fingerprint density at radius 3 is 2.35 bits per heavy atom. The molecule has 0 bridgehead atoms. The van der Waals surface area contributed by atoms with Crippen LogP contribution in [0.25, 0.3) is 0 Å². The van der Waals surface area contributed by atoms with Gasteiger partial charge in [-0.15, -0.1) is 0 Å². The highest BCUT2D eigenvalue weighted by Crippen LogP contribution is 2.31. The third-order valence-corrected chi connectivity index (χ3v) is 3.99. The highest BCUT2D eigenvalue weighted by Gasteiger charge is 2.26. The van der Waals surface area contributed by atoms with E-state index >= 15 is 0 Å². The fourth-order valence-corrected chi connectivity index (χ4v) is 2.66. The van der Waals surface area contributed by atoms with Gasteiger partial charge >= 0.3 is 0 Å². The van der Waals surface area contributed by atoms with Crippen molar-refractivity contribution in [3.63, 3.8) is 0 Å². The minimum atomic E-state index is 0.252. The zero-order valence-electron chi connectivity index (χ0n) is 11.6. The van der Waals surface area contributed by atoms with Crippen molar-refractivity contribution in [1.29, 1.82) is 0 Å². The van der Waals surface area contributed by atoms with Crippen molar-refractivity contribution >= 4 is 0 Å². The molecule has 1 aliphatic rings. The van der Waals surface area contributed by atoms with Crippen LogP contribution in [-0.4, -0.2) is 6.04 Å². The van der Waals surface area contributed by atoms with Gasteiger partial charge in [0.15, 0.2) is 0 Å². The van der Waals surface area contributed by atoms with Gasteiger partial charge in [0, 0.05) is 6.04 Å². The van der Waals surface area contributed by atoms with Crippen molar-refractivity contribution in [2.24, 2.45) is 11.7 Å². The zero-order chi connectivity index (χ0) is 12.6. The first-order chi connectivity index (χ1) is 7.86. The van der Waals surface area contributed by atoms with Crippen molar-refractivity contribution in [3.8, 4) is 0 Å². The summed E-state index contributed by atoms with van der Waals surface area (Å²) in [6.45, 7) is 9.05. The number of nitrogens with two attached hydrogens (primary N) is 1. The van der Waals surface area contributed by atoms with E-state index in [2.05, 4.69) is 45.9 Å². The molecule has 1 saturated carbocycles. The first-order valence-electron chi connectivity index (χ1n) is 6.72. The second kappa shape index (κ2) is 4.45. The highest BCUT2D eigenvalue weighted by atomic mass is 14.7. The molecule has 94 valence electrons. The third kappa shape index (κ3) is 2.90. The summed E-state index contributed by atoms with van der Waals surface area (Å²) < 4.78 is 0. The van der Waals surface area contributed by atoms with Crippen molar-refractivity contribution in [1.82, 2.24) is 0 Å². The molecule has 0 aliphatic heterocycles. The maximum absolute atomic E-state index is 5.84. The maximum Gasteiger partial charge on any atom is 0.00443 e. The van der Waals surface area contributed by atoms with E-state index in [1.807, 2.05) is 0 Å². The van der Waals surface area contributed by atoms with E-state index in [0.29, 0.717) is 6.04 Å². The predicted octanol–water partition coefficient (Wildman–Crippen LogP) is 3.57. The Balaban J connectivity index is 2.09. The number of hydrogen-bond acceptors (Lipinski definition) is 1. The van der Waals surface area contributed by atoms with Crippen molar-refractivity contribution < 1.29 is 0 Å². The maximum atomic E-state index is 5.84. The van der Waals surface area contributed by atoms with Crippen LogP contribution >= 0.6 is 0 Å². The summed E-state index contributed by atoms with van der Waals surface area (Å²) in [5.74, 6) is 0.823. The Kier molecular flexibility index (Phi) is 3.31. The van der Waals surface area contributed by atoms with Crippen LogP contribution in [0.2, 0.25) is 0 Å². The van der Waals surface area contributed by atoms with E-state index < -0.39 is 0 Å². The molecule has 0 aromatic heterocycles. The van der Waals surface area contributed by atoms with Gasteiger partial charge in [-0.2, -0.15) is 0 Å². The van der Waals surface area contributed by atoms with Crippen LogP contribution < -0.4 is 5.73 Å². The SMILES string of the molecule is Cc1cc(C(C)(C)C)ccc1CC1CC(N)C1. The first-order valence-corrected chi connectivity index (χ1v) is 6.72. The van der Waals surface area contributed by atoms with E-state index in [1.165, 1.54) is 36.0 Å². The standard InChI is InChI=1S/C16H25N/c1-11-7-14(16(2,3)4)6-5-13(11)8-12-9-15(17)10-12/h5-7,12,15H,8-10,17H2,1-4H3. The lowest BCUT2D eigenvalue weighted by atomic mass is 9.76. The molecule has 0 heterocycles. The lowest BCUT2D eigenvalue weighted by Gasteiger charge is -2.33. The molecular formula is C16H25N. The number of hydrogen-bond donors (Lipinski definition) is 1. The number of aryl methyl sites for hydroxylation is 1. The van der Waals surface area contributed by atoms with Gasteiger partial charge in [-0.1, -0.05) is 39.0 Å². The second-order valence-corrected chi connectivity index (χ2v) is 6.69. The van der Waals surface area contributed by atoms with Gasteiger partial charge in [0.1, 0.15) is 0 Å². The van der Waals surface area contributed by atoms with Crippen molar-refractivity contribution in [2.45, 2.75) is 58.4 Å². The third-order valence-electron chi connectivity index (χ3n) is 3.99. The Morgan fingerprint density at radius 2 is 1.88 bits per heavy atom. The zero-order valence-corrected chi connectivity index (χ0v) is 11.6. The minimum absolute atomic E-state index is 0.252. The summed E-state index contributed by atoms with van der Waals surface area (Å²) in [5.41, 5.74) is 10.5. The first kappa shape index (κ1) is 12.6. The topological polar surface area (TPSA) is 26.0 Å². The van der Waals surface area contributed by atoms with Gasteiger partial charge in [-0.05, 0) is 54.2 Å². The summed E-state index contributed by atoms with van der Waals surface area (Å²) >= 11 is 0. The average molecular weight is 231 g/mol. The largest absolute Gasteiger partial charge is 0.328 e. The molecule has 1 fully saturated rings. The van der Waals surface area contributed by atoms with Gasteiger partial charge in [0.25, 0.3) is 0 Å². The molecule has 0 saturated heterocycles. The van der Waals surface area contributed by atoms with Crippen LogP contribution in [0.1, 0.15) is 50.3 Å². The molecule has 17 heavy (non-hydrogen) atoms. The van der Waals surface area contributed by atoms with Crippen molar-refractivity contribution in [3.05, 3.63) is 34.9 Å². The van der Waals surface area contributed by atoms with Crippen LogP contribution in [0.15, 0.2) is 18.2 Å². The van der Waals surface area contributed by atoms with Gasteiger partial charge in [-0.3, -0.25) is 0 Å². The molecule has 1 aromatic carbocycles. The van der Waals surface area contributed by atoms with E-state index in [9.17, 15) is 0 Å². The molecule has 0 unspecified atom stereocenters. The lowest BCUT2D eigenvalue weighted by Crippen LogP contribution is -2.37. The Morgan fingerprint density at radius 1 is 1.24 bits per heavy atom. The summed E-state index contributed by atoms with van der Waals surface area (Å²) in [6, 6.07) is 7.43. The van der Waals surface area contributed by atoms with E-state index in [1.54, 1.807) is 0 Å². The summed E-state index contributed by atoms with van der Waals surface area (Å²) in [4.78, 5) is 0. The fourth-order valence-electron chi connectivity index (χ4n) is 2.66. The van der Waals surface area contributed by atoms with Gasteiger partial charge in [0.2, 0.25) is 0 Å². The second-order valence-electron chi connectivity index (χ2n) is 6.69. The van der Waals surface area contributed by atoms with Crippen LogP contribution in [0.3, 0.4) is 0 Å². The molecule has 0 atom stereocenters. The lowest BCUT2D eigenvalue weighted by molar-refractivity contribution is 0.264.